The van der Waals surface area contributed by atoms with Crippen LogP contribution in [0.25, 0.3) is 0 Å². The molecule has 0 rings (SSSR count). The number of hydrogen-bond donors (Lipinski definition) is 0. The number of ether oxygens (including phenoxy) is 2. The molecule has 0 aliphatic rings. The van der Waals surface area contributed by atoms with Gasteiger partial charge in [-0.2, -0.15) is 0 Å². The Bertz CT molecular complexity index is 399. The summed E-state index contributed by atoms with van der Waals surface area (Å²) in [5.74, 6) is -0.756. The number of carbonyl (C=O) groups is 2. The molecule has 0 aromatic heterocycles. The highest BCUT2D eigenvalue weighted by molar-refractivity contribution is 6.14. The van der Waals surface area contributed by atoms with Crippen LogP contribution >= 0.6 is 0 Å². The van der Waals surface area contributed by atoms with Gasteiger partial charge in [0, 0.05) is 14.1 Å². The van der Waals surface area contributed by atoms with Gasteiger partial charge in [-0.05, 0) is 30.2 Å². The fraction of sp³-hybridized carbons (Fsp3) is 0.667. The first-order valence-electron chi connectivity index (χ1n) is 8.20. The Labute approximate surface area is 140 Å². The van der Waals surface area contributed by atoms with Crippen molar-refractivity contribution in [2.24, 2.45) is 11.8 Å². The van der Waals surface area contributed by atoms with Crippen molar-refractivity contribution in [2.75, 3.05) is 27.3 Å². The summed E-state index contributed by atoms with van der Waals surface area (Å²) in [4.78, 5) is 26.1. The second kappa shape index (κ2) is 11.7. The van der Waals surface area contributed by atoms with Crippen molar-refractivity contribution < 1.29 is 19.1 Å². The Morgan fingerprint density at radius 3 is 1.74 bits per heavy atom. The van der Waals surface area contributed by atoms with Crippen LogP contribution in [0.5, 0.6) is 0 Å². The molecule has 0 bridgehead atoms. The molecule has 0 aromatic carbocycles. The first kappa shape index (κ1) is 21.2. The number of hydrogen-bond acceptors (Lipinski definition) is 5. The summed E-state index contributed by atoms with van der Waals surface area (Å²) < 4.78 is 10.4. The van der Waals surface area contributed by atoms with E-state index in [1.54, 1.807) is 12.3 Å². The smallest absolute Gasteiger partial charge is 0.345 e. The molecular weight excluding hydrogens is 294 g/mol. The SMILES string of the molecule is CCC(C)COC(=O)C(=C/C=C/N(C)C)C(=O)OCC(C)CC. The summed E-state index contributed by atoms with van der Waals surface area (Å²) in [6.45, 7) is 8.62. The van der Waals surface area contributed by atoms with Gasteiger partial charge in [0.25, 0.3) is 0 Å². The van der Waals surface area contributed by atoms with Crippen molar-refractivity contribution >= 4 is 11.9 Å². The van der Waals surface area contributed by atoms with Crippen LogP contribution in [-0.4, -0.2) is 44.1 Å². The van der Waals surface area contributed by atoms with Gasteiger partial charge in [0.2, 0.25) is 0 Å². The lowest BCUT2D eigenvalue weighted by molar-refractivity contribution is -0.148. The zero-order valence-corrected chi connectivity index (χ0v) is 15.3. The maximum Gasteiger partial charge on any atom is 0.345 e. The molecule has 0 aromatic rings. The van der Waals surface area contributed by atoms with Gasteiger partial charge in [-0.15, -0.1) is 0 Å². The third-order valence-electron chi connectivity index (χ3n) is 3.48. The topological polar surface area (TPSA) is 55.8 Å². The molecular formula is C18H31NO4. The molecule has 0 heterocycles. The highest BCUT2D eigenvalue weighted by atomic mass is 16.6. The van der Waals surface area contributed by atoms with Gasteiger partial charge in [0.05, 0.1) is 13.2 Å². The van der Waals surface area contributed by atoms with Crippen LogP contribution in [-0.2, 0) is 19.1 Å². The molecule has 0 spiro atoms. The van der Waals surface area contributed by atoms with Gasteiger partial charge in [-0.1, -0.05) is 40.5 Å². The number of nitrogens with zero attached hydrogens (tertiary/aromatic N) is 1. The van der Waals surface area contributed by atoms with E-state index < -0.39 is 11.9 Å². The lowest BCUT2D eigenvalue weighted by Crippen LogP contribution is -2.22. The molecule has 0 saturated heterocycles. The van der Waals surface area contributed by atoms with E-state index in [1.807, 2.05) is 46.7 Å². The van der Waals surface area contributed by atoms with Crippen LogP contribution in [0.3, 0.4) is 0 Å². The normalized spacial score (nSPS) is 13.3. The number of rotatable bonds is 10. The quantitative estimate of drug-likeness (QED) is 0.203. The molecule has 5 heteroatoms. The van der Waals surface area contributed by atoms with Crippen LogP contribution in [0, 0.1) is 11.8 Å². The Morgan fingerprint density at radius 2 is 1.39 bits per heavy atom. The van der Waals surface area contributed by atoms with Crippen LogP contribution in [0.1, 0.15) is 40.5 Å². The summed E-state index contributed by atoms with van der Waals surface area (Å²) in [5.41, 5.74) is -0.0743. The van der Waals surface area contributed by atoms with Crippen molar-refractivity contribution in [1.29, 1.82) is 0 Å². The minimum atomic E-state index is -0.636. The summed E-state index contributed by atoms with van der Waals surface area (Å²) in [6.07, 6.45) is 6.63. The van der Waals surface area contributed by atoms with E-state index in [0.717, 1.165) is 12.8 Å². The van der Waals surface area contributed by atoms with Crippen molar-refractivity contribution in [1.82, 2.24) is 4.90 Å². The van der Waals surface area contributed by atoms with E-state index in [4.69, 9.17) is 9.47 Å². The Balaban J connectivity index is 4.93. The minimum absolute atomic E-state index is 0.0743. The molecule has 132 valence electrons. The molecule has 5 nitrogen and oxygen atoms in total. The van der Waals surface area contributed by atoms with E-state index in [1.165, 1.54) is 6.08 Å². The predicted octanol–water partition coefficient (Wildman–Crippen LogP) is 3.17. The molecule has 0 amide bonds. The largest absolute Gasteiger partial charge is 0.462 e. The maximum absolute atomic E-state index is 12.2. The van der Waals surface area contributed by atoms with Gasteiger partial charge in [0.15, 0.2) is 0 Å². The molecule has 2 atom stereocenters. The zero-order chi connectivity index (χ0) is 17.8. The van der Waals surface area contributed by atoms with Gasteiger partial charge in [-0.3, -0.25) is 0 Å². The van der Waals surface area contributed by atoms with Crippen LogP contribution in [0.15, 0.2) is 23.9 Å². The Morgan fingerprint density at radius 1 is 0.957 bits per heavy atom. The second-order valence-corrected chi connectivity index (χ2v) is 6.11. The van der Waals surface area contributed by atoms with Crippen molar-refractivity contribution in [3.8, 4) is 0 Å². The van der Waals surface area contributed by atoms with Gasteiger partial charge in [0.1, 0.15) is 5.57 Å². The van der Waals surface area contributed by atoms with Crippen LogP contribution in [0.2, 0.25) is 0 Å². The third-order valence-corrected chi connectivity index (χ3v) is 3.48. The highest BCUT2D eigenvalue weighted by Crippen LogP contribution is 2.09. The van der Waals surface area contributed by atoms with E-state index in [9.17, 15) is 9.59 Å². The van der Waals surface area contributed by atoms with Crippen LogP contribution < -0.4 is 0 Å². The zero-order valence-electron chi connectivity index (χ0n) is 15.3. The van der Waals surface area contributed by atoms with Crippen LogP contribution in [0.4, 0.5) is 0 Å². The van der Waals surface area contributed by atoms with Gasteiger partial charge < -0.3 is 14.4 Å². The molecule has 0 radical (unpaired) electrons. The number of allylic oxidation sites excluding steroid dienone is 2. The highest BCUT2D eigenvalue weighted by Gasteiger charge is 2.22. The first-order valence-corrected chi connectivity index (χ1v) is 8.20. The number of carbonyl (C=O) groups excluding carboxylic acids is 2. The third kappa shape index (κ3) is 9.76. The monoisotopic (exact) mass is 325 g/mol. The lowest BCUT2D eigenvalue weighted by atomic mass is 10.1. The van der Waals surface area contributed by atoms with Gasteiger partial charge >= 0.3 is 11.9 Å². The predicted molar refractivity (Wildman–Crippen MR) is 91.7 cm³/mol. The Hall–Kier alpha value is -1.78. The average molecular weight is 325 g/mol. The standard InChI is InChI=1S/C18H31NO4/c1-7-14(3)12-22-17(20)16(10-9-11-19(5)6)18(21)23-13-15(4)8-2/h9-11,14-15H,7-8,12-13H2,1-6H3/b11-9+,16-10?. The van der Waals surface area contributed by atoms with Gasteiger partial charge in [-0.25, -0.2) is 9.59 Å². The minimum Gasteiger partial charge on any atom is -0.462 e. The molecule has 0 N–H and O–H groups in total. The average Bonchev–Trinajstić information content (AvgIpc) is 2.53. The van der Waals surface area contributed by atoms with E-state index in [2.05, 4.69) is 0 Å². The summed E-state index contributed by atoms with van der Waals surface area (Å²) in [6, 6.07) is 0. The van der Waals surface area contributed by atoms with Crippen molar-refractivity contribution in [3.63, 3.8) is 0 Å². The maximum atomic E-state index is 12.2. The Kier molecular flexibility index (Phi) is 10.8. The summed E-state index contributed by atoms with van der Waals surface area (Å²) >= 11 is 0. The lowest BCUT2D eigenvalue weighted by Gasteiger charge is -2.13. The van der Waals surface area contributed by atoms with Crippen molar-refractivity contribution in [3.05, 3.63) is 23.9 Å². The summed E-state index contributed by atoms with van der Waals surface area (Å²) in [7, 11) is 3.71. The summed E-state index contributed by atoms with van der Waals surface area (Å²) in [5, 5.41) is 0. The fourth-order valence-electron chi connectivity index (χ4n) is 1.36. The van der Waals surface area contributed by atoms with E-state index in [0.29, 0.717) is 13.2 Å². The molecule has 2 unspecified atom stereocenters. The van der Waals surface area contributed by atoms with E-state index in [-0.39, 0.29) is 17.4 Å². The van der Waals surface area contributed by atoms with Crippen molar-refractivity contribution in [2.45, 2.75) is 40.5 Å². The first-order chi connectivity index (χ1) is 10.8. The fourth-order valence-corrected chi connectivity index (χ4v) is 1.36. The molecule has 0 fully saturated rings. The molecule has 23 heavy (non-hydrogen) atoms. The second-order valence-electron chi connectivity index (χ2n) is 6.11. The molecule has 0 saturated carbocycles. The molecule has 0 aliphatic heterocycles. The van der Waals surface area contributed by atoms with E-state index >= 15 is 0 Å². The molecule has 0 aliphatic carbocycles. The number of esters is 2.